The van der Waals surface area contributed by atoms with E-state index < -0.39 is 0 Å². The molecule has 11 heavy (non-hydrogen) atoms. The number of nitrogens with two attached hydrogens (primary N) is 1. The summed E-state index contributed by atoms with van der Waals surface area (Å²) in [4.78, 5) is 0. The van der Waals surface area contributed by atoms with Crippen LogP contribution in [-0.4, -0.2) is 14.8 Å². The van der Waals surface area contributed by atoms with E-state index in [1.165, 1.54) is 6.42 Å². The van der Waals surface area contributed by atoms with Gasteiger partial charge in [0.05, 0.1) is 0 Å². The first-order chi connectivity index (χ1) is 5.27. The van der Waals surface area contributed by atoms with Crippen molar-refractivity contribution < 1.29 is 0 Å². The Morgan fingerprint density at radius 3 is 3.18 bits per heavy atom. The van der Waals surface area contributed by atoms with Crippen LogP contribution >= 0.6 is 0 Å². The average molecular weight is 152 g/mol. The molecule has 1 atom stereocenters. The summed E-state index contributed by atoms with van der Waals surface area (Å²) in [6, 6.07) is 0. The lowest BCUT2D eigenvalue weighted by Crippen LogP contribution is -2.18. The van der Waals surface area contributed by atoms with E-state index in [-0.39, 0.29) is 0 Å². The van der Waals surface area contributed by atoms with Crippen molar-refractivity contribution in [2.45, 2.75) is 26.3 Å². The third-order valence-electron chi connectivity index (χ3n) is 2.23. The van der Waals surface area contributed by atoms with E-state index in [9.17, 15) is 0 Å². The van der Waals surface area contributed by atoms with Gasteiger partial charge >= 0.3 is 0 Å². The highest BCUT2D eigenvalue weighted by molar-refractivity contribution is 5.18. The highest BCUT2D eigenvalue weighted by Gasteiger charge is 2.18. The summed E-state index contributed by atoms with van der Waals surface area (Å²) in [5, 5.41) is 7.82. The van der Waals surface area contributed by atoms with Gasteiger partial charge in [0.15, 0.2) is 0 Å². The fraction of sp³-hybridized carbons (Fsp3) is 0.714. The number of anilines is 1. The molecule has 0 amide bonds. The Hall–Kier alpha value is -1.06. The van der Waals surface area contributed by atoms with Gasteiger partial charge in [0.1, 0.15) is 5.82 Å². The van der Waals surface area contributed by atoms with Crippen LogP contribution in [0.3, 0.4) is 0 Å². The minimum atomic E-state index is 0.562. The molecule has 60 valence electrons. The Labute approximate surface area is 65.4 Å². The smallest absolute Gasteiger partial charge is 0.221 e. The third kappa shape index (κ3) is 0.982. The number of aromatic nitrogens is 3. The molecule has 2 heterocycles. The number of nitrogens with zero attached hydrogens (tertiary/aromatic N) is 3. The van der Waals surface area contributed by atoms with Gasteiger partial charge in [0.2, 0.25) is 5.95 Å². The Morgan fingerprint density at radius 1 is 1.55 bits per heavy atom. The van der Waals surface area contributed by atoms with Crippen LogP contribution in [0.2, 0.25) is 0 Å². The van der Waals surface area contributed by atoms with Crippen LogP contribution in [0.15, 0.2) is 0 Å². The molecule has 2 N–H and O–H groups in total. The summed E-state index contributed by atoms with van der Waals surface area (Å²) in [6.07, 6.45) is 2.21. The molecule has 0 radical (unpaired) electrons. The summed E-state index contributed by atoms with van der Waals surface area (Å²) >= 11 is 0. The Balaban J connectivity index is 2.36. The lowest BCUT2D eigenvalue weighted by molar-refractivity contribution is 0.412. The quantitative estimate of drug-likeness (QED) is 0.587. The molecule has 0 aliphatic carbocycles. The molecule has 1 unspecified atom stereocenters. The number of nitrogen functional groups attached to an aromatic ring is 1. The molecule has 4 heteroatoms. The minimum Gasteiger partial charge on any atom is -0.368 e. The molecule has 1 aromatic heterocycles. The van der Waals surface area contributed by atoms with Crippen molar-refractivity contribution in [2.75, 3.05) is 5.73 Å². The van der Waals surface area contributed by atoms with Crippen molar-refractivity contribution in [2.24, 2.45) is 5.92 Å². The number of fused-ring (bicyclic) bond motifs is 1. The van der Waals surface area contributed by atoms with Crippen LogP contribution in [-0.2, 0) is 13.0 Å². The molecule has 0 aromatic carbocycles. The fourth-order valence-corrected chi connectivity index (χ4v) is 1.51. The van der Waals surface area contributed by atoms with Gasteiger partial charge in [-0.2, -0.15) is 0 Å². The van der Waals surface area contributed by atoms with E-state index >= 15 is 0 Å². The third-order valence-corrected chi connectivity index (χ3v) is 2.23. The molecule has 0 saturated carbocycles. The molecule has 0 fully saturated rings. The molecular weight excluding hydrogens is 140 g/mol. The number of hydrogen-bond donors (Lipinski definition) is 1. The molecule has 0 bridgehead atoms. The Morgan fingerprint density at radius 2 is 2.36 bits per heavy atom. The summed E-state index contributed by atoms with van der Waals surface area (Å²) in [6.45, 7) is 3.21. The van der Waals surface area contributed by atoms with Gasteiger partial charge in [0.25, 0.3) is 0 Å². The Bertz CT molecular complexity index is 265. The van der Waals surface area contributed by atoms with Crippen molar-refractivity contribution >= 4 is 5.95 Å². The zero-order valence-corrected chi connectivity index (χ0v) is 6.62. The summed E-state index contributed by atoms with van der Waals surface area (Å²) in [5.74, 6) is 2.33. The highest BCUT2D eigenvalue weighted by atomic mass is 15.3. The Kier molecular flexibility index (Phi) is 1.34. The van der Waals surface area contributed by atoms with E-state index in [2.05, 4.69) is 17.1 Å². The number of hydrogen-bond acceptors (Lipinski definition) is 3. The maximum Gasteiger partial charge on any atom is 0.221 e. The largest absolute Gasteiger partial charge is 0.368 e. The molecule has 1 aromatic rings. The van der Waals surface area contributed by atoms with Crippen LogP contribution in [0.1, 0.15) is 19.2 Å². The van der Waals surface area contributed by atoms with E-state index in [1.807, 2.05) is 4.57 Å². The zero-order chi connectivity index (χ0) is 7.84. The van der Waals surface area contributed by atoms with Crippen LogP contribution in [0.25, 0.3) is 0 Å². The lowest BCUT2D eigenvalue weighted by atomic mass is 10.0. The van der Waals surface area contributed by atoms with Crippen LogP contribution in [0, 0.1) is 5.92 Å². The SMILES string of the molecule is CC1CCn2c(N)nnc2C1. The van der Waals surface area contributed by atoms with Crippen molar-refractivity contribution in [3.05, 3.63) is 5.82 Å². The molecule has 2 rings (SSSR count). The van der Waals surface area contributed by atoms with Gasteiger partial charge in [-0.05, 0) is 12.3 Å². The standard InChI is InChI=1S/C7H12N4/c1-5-2-3-11-6(4-5)9-10-7(11)8/h5H,2-4H2,1H3,(H2,8,10). The lowest BCUT2D eigenvalue weighted by Gasteiger charge is -2.18. The maximum absolute atomic E-state index is 5.60. The number of rotatable bonds is 0. The molecule has 1 aliphatic rings. The molecule has 0 spiro atoms. The van der Waals surface area contributed by atoms with Gasteiger partial charge in [-0.1, -0.05) is 6.92 Å². The first-order valence-electron chi connectivity index (χ1n) is 3.95. The van der Waals surface area contributed by atoms with Gasteiger partial charge in [-0.15, -0.1) is 10.2 Å². The minimum absolute atomic E-state index is 0.562. The topological polar surface area (TPSA) is 56.7 Å². The summed E-state index contributed by atoms with van der Waals surface area (Å²) < 4.78 is 2.00. The van der Waals surface area contributed by atoms with Crippen molar-refractivity contribution in [3.63, 3.8) is 0 Å². The molecular formula is C7H12N4. The maximum atomic E-state index is 5.60. The van der Waals surface area contributed by atoms with Crippen molar-refractivity contribution in [1.82, 2.24) is 14.8 Å². The van der Waals surface area contributed by atoms with Crippen molar-refractivity contribution in [1.29, 1.82) is 0 Å². The molecule has 4 nitrogen and oxygen atoms in total. The second-order valence-corrected chi connectivity index (χ2v) is 3.22. The normalized spacial score (nSPS) is 23.2. The fourth-order valence-electron chi connectivity index (χ4n) is 1.51. The zero-order valence-electron chi connectivity index (χ0n) is 6.62. The van der Waals surface area contributed by atoms with Gasteiger partial charge in [-0.3, -0.25) is 4.57 Å². The van der Waals surface area contributed by atoms with E-state index in [0.717, 1.165) is 24.7 Å². The first kappa shape index (κ1) is 6.64. The molecule has 0 saturated heterocycles. The second kappa shape index (κ2) is 2.22. The summed E-state index contributed by atoms with van der Waals surface area (Å²) in [7, 11) is 0. The predicted octanol–water partition coefficient (Wildman–Crippen LogP) is 0.443. The highest BCUT2D eigenvalue weighted by Crippen LogP contribution is 2.19. The van der Waals surface area contributed by atoms with Crippen molar-refractivity contribution in [3.8, 4) is 0 Å². The predicted molar refractivity (Wildman–Crippen MR) is 41.9 cm³/mol. The van der Waals surface area contributed by atoms with Crippen LogP contribution in [0.4, 0.5) is 5.95 Å². The first-order valence-corrected chi connectivity index (χ1v) is 3.95. The average Bonchev–Trinajstić information content (AvgIpc) is 2.32. The summed E-state index contributed by atoms with van der Waals surface area (Å²) in [5.41, 5.74) is 5.60. The van der Waals surface area contributed by atoms with E-state index in [4.69, 9.17) is 5.73 Å². The van der Waals surface area contributed by atoms with Gasteiger partial charge < -0.3 is 5.73 Å². The van der Waals surface area contributed by atoms with E-state index in [1.54, 1.807) is 0 Å². The second-order valence-electron chi connectivity index (χ2n) is 3.22. The van der Waals surface area contributed by atoms with Gasteiger partial charge in [-0.25, -0.2) is 0 Å². The van der Waals surface area contributed by atoms with E-state index in [0.29, 0.717) is 5.95 Å². The molecule has 1 aliphatic heterocycles. The monoisotopic (exact) mass is 152 g/mol. The van der Waals surface area contributed by atoms with Gasteiger partial charge in [0, 0.05) is 13.0 Å². The van der Waals surface area contributed by atoms with Crippen LogP contribution < -0.4 is 5.73 Å². The van der Waals surface area contributed by atoms with Crippen LogP contribution in [0.5, 0.6) is 0 Å².